The molecule has 5 rings (SSSR count). The summed E-state index contributed by atoms with van der Waals surface area (Å²) in [6.07, 6.45) is 1.64. The Morgan fingerprint density at radius 1 is 1.08 bits per heavy atom. The molecule has 0 aliphatic carbocycles. The number of sulfonamides is 1. The van der Waals surface area contributed by atoms with Crippen LogP contribution in [0.5, 0.6) is 5.75 Å². The quantitative estimate of drug-likeness (QED) is 0.287. The molecular formula is C29H25FN2O5S. The Hall–Kier alpha value is -4.00. The lowest BCUT2D eigenvalue weighted by Gasteiger charge is -2.21. The van der Waals surface area contributed by atoms with Gasteiger partial charge in [-0.1, -0.05) is 24.3 Å². The van der Waals surface area contributed by atoms with Crippen LogP contribution < -0.4 is 4.74 Å². The van der Waals surface area contributed by atoms with Crippen molar-refractivity contribution in [2.75, 3.05) is 6.54 Å². The third kappa shape index (κ3) is 5.47. The molecule has 2 heterocycles. The Kier molecular flexibility index (Phi) is 7.27. The number of benzene rings is 3. The van der Waals surface area contributed by atoms with Gasteiger partial charge in [-0.15, -0.1) is 0 Å². The average Bonchev–Trinajstić information content (AvgIpc) is 3.59. The number of nitriles is 1. The summed E-state index contributed by atoms with van der Waals surface area (Å²) < 4.78 is 52.7. The standard InChI is InChI=1S/C29H25FN2O5S/c30-24-11-13-28-23(16-24)17-29(37-28)38(34,35)32-14-2-5-26(32)27(33)12-10-20-3-1-4-25(15-20)36-19-22-8-6-21(18-31)7-9-22/h1,3-4,6-9,11,13,15-17,26H,2,5,10,12,14,19H2. The highest BCUT2D eigenvalue weighted by molar-refractivity contribution is 7.89. The number of hydrogen-bond donors (Lipinski definition) is 0. The number of rotatable bonds is 9. The fraction of sp³-hybridized carbons (Fsp3) is 0.241. The molecule has 1 aliphatic heterocycles. The maximum atomic E-state index is 13.5. The van der Waals surface area contributed by atoms with E-state index < -0.39 is 21.9 Å². The van der Waals surface area contributed by atoms with Gasteiger partial charge in [-0.25, -0.2) is 12.8 Å². The summed E-state index contributed by atoms with van der Waals surface area (Å²) in [5.74, 6) is 0.0167. The van der Waals surface area contributed by atoms with Crippen LogP contribution in [0.15, 0.2) is 82.3 Å². The van der Waals surface area contributed by atoms with E-state index in [4.69, 9.17) is 14.4 Å². The van der Waals surface area contributed by atoms with E-state index in [1.807, 2.05) is 36.4 Å². The second kappa shape index (κ2) is 10.8. The van der Waals surface area contributed by atoms with Crippen LogP contribution in [0.1, 0.15) is 36.0 Å². The first-order chi connectivity index (χ1) is 18.3. The van der Waals surface area contributed by atoms with E-state index in [0.717, 1.165) is 11.1 Å². The van der Waals surface area contributed by atoms with Crippen LogP contribution in [-0.4, -0.2) is 31.1 Å². The number of halogens is 1. The highest BCUT2D eigenvalue weighted by Gasteiger charge is 2.40. The maximum Gasteiger partial charge on any atom is 0.277 e. The van der Waals surface area contributed by atoms with Crippen molar-refractivity contribution in [1.29, 1.82) is 5.26 Å². The van der Waals surface area contributed by atoms with Crippen LogP contribution >= 0.6 is 0 Å². The number of carbonyl (C=O) groups is 1. The molecule has 0 spiro atoms. The molecule has 1 aromatic heterocycles. The van der Waals surface area contributed by atoms with Crippen LogP contribution in [0, 0.1) is 17.1 Å². The lowest BCUT2D eigenvalue weighted by atomic mass is 10.0. The molecule has 0 bridgehead atoms. The Bertz CT molecular complexity index is 1620. The van der Waals surface area contributed by atoms with Gasteiger partial charge in [0.15, 0.2) is 5.78 Å². The Morgan fingerprint density at radius 3 is 2.68 bits per heavy atom. The molecule has 0 radical (unpaired) electrons. The van der Waals surface area contributed by atoms with Gasteiger partial charge >= 0.3 is 0 Å². The molecule has 1 atom stereocenters. The first kappa shape index (κ1) is 25.6. The Balaban J connectivity index is 1.22. The zero-order valence-electron chi connectivity index (χ0n) is 20.5. The summed E-state index contributed by atoms with van der Waals surface area (Å²) in [4.78, 5) is 13.1. The summed E-state index contributed by atoms with van der Waals surface area (Å²) in [5.41, 5.74) is 2.69. The highest BCUT2D eigenvalue weighted by Crippen LogP contribution is 2.31. The van der Waals surface area contributed by atoms with Gasteiger partial charge in [0.2, 0.25) is 5.09 Å². The van der Waals surface area contributed by atoms with Crippen LogP contribution in [0.4, 0.5) is 4.39 Å². The molecule has 7 nitrogen and oxygen atoms in total. The third-order valence-electron chi connectivity index (χ3n) is 6.64. The Morgan fingerprint density at radius 2 is 1.89 bits per heavy atom. The van der Waals surface area contributed by atoms with Crippen LogP contribution in [-0.2, 0) is 27.8 Å². The number of carbonyl (C=O) groups excluding carboxylic acids is 1. The van der Waals surface area contributed by atoms with E-state index in [1.165, 1.54) is 28.6 Å². The molecule has 1 unspecified atom stereocenters. The van der Waals surface area contributed by atoms with Gasteiger partial charge in [0, 0.05) is 24.4 Å². The van der Waals surface area contributed by atoms with E-state index in [9.17, 15) is 17.6 Å². The summed E-state index contributed by atoms with van der Waals surface area (Å²) in [7, 11) is -4.05. The first-order valence-corrected chi connectivity index (χ1v) is 13.7. The molecule has 0 N–H and O–H groups in total. The van der Waals surface area contributed by atoms with Crippen molar-refractivity contribution >= 4 is 26.8 Å². The minimum Gasteiger partial charge on any atom is -0.489 e. The van der Waals surface area contributed by atoms with E-state index in [2.05, 4.69) is 6.07 Å². The Labute approximate surface area is 220 Å². The van der Waals surface area contributed by atoms with E-state index >= 15 is 0 Å². The summed E-state index contributed by atoms with van der Waals surface area (Å²) >= 11 is 0. The predicted molar refractivity (Wildman–Crippen MR) is 138 cm³/mol. The smallest absolute Gasteiger partial charge is 0.277 e. The molecule has 3 aromatic carbocycles. The van der Waals surface area contributed by atoms with E-state index in [1.54, 1.807) is 12.1 Å². The molecule has 1 fully saturated rings. The molecule has 4 aromatic rings. The minimum atomic E-state index is -4.05. The number of Topliss-reactive ketones (excluding diaryl/α,β-unsaturated/α-hetero) is 1. The summed E-state index contributed by atoms with van der Waals surface area (Å²) in [5, 5.41) is 8.98. The van der Waals surface area contributed by atoms with Crippen molar-refractivity contribution in [3.8, 4) is 11.8 Å². The monoisotopic (exact) mass is 532 g/mol. The average molecular weight is 533 g/mol. The van der Waals surface area contributed by atoms with Crippen molar-refractivity contribution in [1.82, 2.24) is 4.31 Å². The normalized spacial score (nSPS) is 15.9. The number of aryl methyl sites for hydroxylation is 1. The highest BCUT2D eigenvalue weighted by atomic mass is 32.2. The zero-order chi connectivity index (χ0) is 26.7. The number of ether oxygens (including phenoxy) is 1. The number of fused-ring (bicyclic) bond motifs is 1. The predicted octanol–water partition coefficient (Wildman–Crippen LogP) is 5.38. The topological polar surface area (TPSA) is 101 Å². The van der Waals surface area contributed by atoms with Gasteiger partial charge in [-0.3, -0.25) is 4.79 Å². The van der Waals surface area contributed by atoms with Crippen LogP contribution in [0.25, 0.3) is 11.0 Å². The number of ketones is 1. The molecular weight excluding hydrogens is 507 g/mol. The molecule has 38 heavy (non-hydrogen) atoms. The van der Waals surface area contributed by atoms with E-state index in [0.29, 0.717) is 42.6 Å². The van der Waals surface area contributed by atoms with Gasteiger partial charge in [0.25, 0.3) is 10.0 Å². The number of hydrogen-bond acceptors (Lipinski definition) is 6. The fourth-order valence-electron chi connectivity index (χ4n) is 4.65. The van der Waals surface area contributed by atoms with Crippen molar-refractivity contribution < 1.29 is 26.8 Å². The molecule has 1 aliphatic rings. The summed E-state index contributed by atoms with van der Waals surface area (Å²) in [6, 6.07) is 21.0. The van der Waals surface area contributed by atoms with Crippen molar-refractivity contribution in [2.45, 2.75) is 43.4 Å². The van der Waals surface area contributed by atoms with Crippen molar-refractivity contribution in [3.63, 3.8) is 0 Å². The lowest BCUT2D eigenvalue weighted by Crippen LogP contribution is -2.40. The minimum absolute atomic E-state index is 0.155. The van der Waals surface area contributed by atoms with Gasteiger partial charge in [0.1, 0.15) is 23.8 Å². The summed E-state index contributed by atoms with van der Waals surface area (Å²) in [6.45, 7) is 0.570. The third-order valence-corrected chi connectivity index (χ3v) is 8.41. The van der Waals surface area contributed by atoms with Crippen molar-refractivity contribution in [3.05, 3.63) is 95.3 Å². The first-order valence-electron chi connectivity index (χ1n) is 12.3. The van der Waals surface area contributed by atoms with Gasteiger partial charge in [-0.05, 0) is 72.9 Å². The second-order valence-corrected chi connectivity index (χ2v) is 11.1. The SMILES string of the molecule is N#Cc1ccc(COc2cccc(CCC(=O)C3CCCN3S(=O)(=O)c3cc4cc(F)ccc4o3)c2)cc1. The number of nitrogens with zero attached hydrogens (tertiary/aromatic N) is 2. The van der Waals surface area contributed by atoms with Crippen molar-refractivity contribution in [2.24, 2.45) is 0 Å². The lowest BCUT2D eigenvalue weighted by molar-refractivity contribution is -0.122. The van der Waals surface area contributed by atoms with E-state index in [-0.39, 0.29) is 29.4 Å². The molecule has 0 saturated carbocycles. The molecule has 194 valence electrons. The largest absolute Gasteiger partial charge is 0.489 e. The number of furan rings is 1. The molecule has 0 amide bonds. The van der Waals surface area contributed by atoms with Gasteiger partial charge in [0.05, 0.1) is 17.7 Å². The van der Waals surface area contributed by atoms with Crippen LogP contribution in [0.2, 0.25) is 0 Å². The zero-order valence-corrected chi connectivity index (χ0v) is 21.3. The molecule has 1 saturated heterocycles. The van der Waals surface area contributed by atoms with Gasteiger partial charge < -0.3 is 9.15 Å². The maximum absolute atomic E-state index is 13.5. The second-order valence-electron chi connectivity index (χ2n) is 9.23. The van der Waals surface area contributed by atoms with Crippen LogP contribution in [0.3, 0.4) is 0 Å². The fourth-order valence-corrected chi connectivity index (χ4v) is 6.28. The van der Waals surface area contributed by atoms with Gasteiger partial charge in [-0.2, -0.15) is 9.57 Å². The molecule has 9 heteroatoms.